The van der Waals surface area contributed by atoms with Crippen LogP contribution in [0.25, 0.3) is 0 Å². The van der Waals surface area contributed by atoms with Crippen molar-refractivity contribution in [2.45, 2.75) is 167 Å². The highest BCUT2D eigenvalue weighted by Crippen LogP contribution is 2.35. The molecule has 5 heterocycles. The van der Waals surface area contributed by atoms with Crippen molar-refractivity contribution < 1.29 is 124 Å². The average Bonchev–Trinajstić information content (AvgIpc) is 3.76. The Balaban J connectivity index is 1.16. The Morgan fingerprint density at radius 3 is 1.72 bits per heavy atom. The fraction of sp³-hybridized carbons (Fsp3) is 0.969. The third kappa shape index (κ3) is 9.91. The van der Waals surface area contributed by atoms with Crippen molar-refractivity contribution >= 4 is 5.91 Å². The molecule has 0 aromatic heterocycles. The first-order valence-electron chi connectivity index (χ1n) is 18.5. The van der Waals surface area contributed by atoms with Crippen molar-refractivity contribution in [2.24, 2.45) is 0 Å². The second kappa shape index (κ2) is 20.1. The van der Waals surface area contributed by atoms with Crippen LogP contribution in [-0.2, 0) is 47.4 Å². The van der Waals surface area contributed by atoms with E-state index in [1.807, 2.05) is 0 Å². The molecular weight excluding hydrogens is 798 g/mol. The van der Waals surface area contributed by atoms with Crippen LogP contribution in [0.5, 0.6) is 0 Å². The molecule has 1 amide bonds. The molecule has 5 saturated heterocycles. The van der Waals surface area contributed by atoms with E-state index in [-0.39, 0.29) is 0 Å². The van der Waals surface area contributed by atoms with Crippen LogP contribution in [-0.4, -0.2) is 262 Å². The van der Waals surface area contributed by atoms with E-state index >= 15 is 0 Å². The predicted molar refractivity (Wildman–Crippen MR) is 177 cm³/mol. The number of hydrogen-bond donors (Lipinski definition) is 16. The molecule has 0 aliphatic carbocycles. The number of aliphatic hydroxyl groups excluding tert-OH is 15. The normalized spacial score (nSPS) is 48.8. The zero-order valence-electron chi connectivity index (χ0n) is 31.1. The molecule has 0 radical (unpaired) electrons. The average molecular weight is 854 g/mol. The first kappa shape index (κ1) is 47.6. The number of ether oxygens (including phenoxy) is 9. The summed E-state index contributed by atoms with van der Waals surface area (Å²) in [4.78, 5) is 11.8. The SMILES string of the molecule is CC(=O)N[C@@H]1[C@@H](O[C@@H]2O[C@@H](C)[C@H](O[C@@H]3O[C@@H]([C@@H](CO)O[C@@H]4O[C@@H]([C@H](O)CO[C@@H]5O[C@@H]([C@H](O)CO)[C@H](O)[C@H]5O)[C@H](O)[C@H]4O)[C@H](O)[C@H]3O)[C@@H](O)[C@H]2O)[C@H](O)[C@@H](CO)O[C@@H]1O. The zero-order chi connectivity index (χ0) is 42.9. The Bertz CT molecular complexity index is 1310. The largest absolute Gasteiger partial charge is 0.394 e. The lowest BCUT2D eigenvalue weighted by molar-refractivity contribution is -0.352. The van der Waals surface area contributed by atoms with Gasteiger partial charge < -0.3 is 125 Å². The Morgan fingerprint density at radius 1 is 0.603 bits per heavy atom. The van der Waals surface area contributed by atoms with Gasteiger partial charge in [-0.15, -0.1) is 0 Å². The van der Waals surface area contributed by atoms with Gasteiger partial charge in [0.05, 0.1) is 32.5 Å². The molecule has 26 nitrogen and oxygen atoms in total. The van der Waals surface area contributed by atoms with Gasteiger partial charge >= 0.3 is 0 Å². The van der Waals surface area contributed by atoms with E-state index < -0.39 is 186 Å². The van der Waals surface area contributed by atoms with Gasteiger partial charge in [0.15, 0.2) is 31.5 Å². The summed E-state index contributed by atoms with van der Waals surface area (Å²) in [5.41, 5.74) is 0. The molecule has 0 bridgehead atoms. The van der Waals surface area contributed by atoms with Gasteiger partial charge in [-0.3, -0.25) is 4.79 Å². The molecule has 0 aromatic carbocycles. The van der Waals surface area contributed by atoms with Gasteiger partial charge in [-0.05, 0) is 6.92 Å². The van der Waals surface area contributed by atoms with Crippen molar-refractivity contribution in [3.8, 4) is 0 Å². The maximum atomic E-state index is 11.8. The van der Waals surface area contributed by atoms with Crippen LogP contribution in [0.4, 0.5) is 0 Å². The highest BCUT2D eigenvalue weighted by Gasteiger charge is 2.56. The van der Waals surface area contributed by atoms with E-state index in [0.717, 1.165) is 6.92 Å². The summed E-state index contributed by atoms with van der Waals surface area (Å²) in [6, 6.07) is -1.41. The molecular formula is C32H55NO25. The highest BCUT2D eigenvalue weighted by atomic mass is 16.8. The minimum Gasteiger partial charge on any atom is -0.394 e. The second-order valence-electron chi connectivity index (χ2n) is 14.7. The molecule has 5 aliphatic heterocycles. The minimum absolute atomic E-state index is 0.654. The molecule has 0 spiro atoms. The molecule has 26 heteroatoms. The van der Waals surface area contributed by atoms with E-state index in [9.17, 15) is 76.3 Å². The number of rotatable bonds is 16. The minimum atomic E-state index is -1.95. The molecule has 16 N–H and O–H groups in total. The van der Waals surface area contributed by atoms with Gasteiger partial charge in [0.25, 0.3) is 0 Å². The van der Waals surface area contributed by atoms with Crippen LogP contribution in [0.15, 0.2) is 0 Å². The van der Waals surface area contributed by atoms with Gasteiger partial charge in [0.1, 0.15) is 116 Å². The van der Waals surface area contributed by atoms with E-state index in [1.54, 1.807) is 0 Å². The fourth-order valence-corrected chi connectivity index (χ4v) is 7.36. The fourth-order valence-electron chi connectivity index (χ4n) is 7.36. The van der Waals surface area contributed by atoms with Crippen LogP contribution >= 0.6 is 0 Å². The number of hydrogen-bond acceptors (Lipinski definition) is 25. The van der Waals surface area contributed by atoms with Crippen molar-refractivity contribution in [1.29, 1.82) is 0 Å². The van der Waals surface area contributed by atoms with Crippen LogP contribution in [0.1, 0.15) is 13.8 Å². The summed E-state index contributed by atoms with van der Waals surface area (Å²) >= 11 is 0. The summed E-state index contributed by atoms with van der Waals surface area (Å²) in [5, 5.41) is 158. The van der Waals surface area contributed by atoms with E-state index in [2.05, 4.69) is 5.32 Å². The van der Waals surface area contributed by atoms with E-state index in [0.29, 0.717) is 0 Å². The zero-order valence-corrected chi connectivity index (χ0v) is 31.1. The second-order valence-corrected chi connectivity index (χ2v) is 14.7. The Labute approximate surface area is 329 Å². The van der Waals surface area contributed by atoms with Gasteiger partial charge in [0, 0.05) is 6.92 Å². The quantitative estimate of drug-likeness (QED) is 0.0685. The standard InChI is InChI=1S/C32H55NO25/c1-7-23(15(41)20(46)30(51-7)58-27-13(33-8(2)37)28(49)52-11(4-35)14(27)40)54-32-22(48)18(44)26(57-32)12(5-36)53-31-21(47)17(43)25(56-31)10(39)6-50-29-19(45)16(42)24(55-29)9(38)3-34/h7,9-32,34-36,38-49H,3-6H2,1-2H3,(H,33,37)/t7-,9+,10+,11+,12+,13+,14+,15-,16+,17+,18+,19+,20+,21+,22+,23-,24-,25-,26-,27+,28-,29+,30-,31+,32+/m0/s1. The van der Waals surface area contributed by atoms with Gasteiger partial charge in [0.2, 0.25) is 5.91 Å². The maximum Gasteiger partial charge on any atom is 0.217 e. The number of aliphatic hydroxyl groups is 15. The lowest BCUT2D eigenvalue weighted by atomic mass is 9.95. The third-order valence-corrected chi connectivity index (χ3v) is 10.6. The van der Waals surface area contributed by atoms with Crippen molar-refractivity contribution in [3.63, 3.8) is 0 Å². The summed E-state index contributed by atoms with van der Waals surface area (Å²) in [6.07, 6.45) is -40.3. The molecule has 0 saturated carbocycles. The molecule has 5 fully saturated rings. The van der Waals surface area contributed by atoms with Crippen LogP contribution in [0, 0.1) is 0 Å². The molecule has 5 aliphatic rings. The maximum absolute atomic E-state index is 11.8. The lowest BCUT2D eigenvalue weighted by Crippen LogP contribution is -2.67. The number of nitrogens with one attached hydrogen (secondary N) is 1. The highest BCUT2D eigenvalue weighted by molar-refractivity contribution is 5.73. The van der Waals surface area contributed by atoms with Crippen molar-refractivity contribution in [3.05, 3.63) is 0 Å². The van der Waals surface area contributed by atoms with E-state index in [4.69, 9.17) is 47.7 Å². The molecule has 338 valence electrons. The smallest absolute Gasteiger partial charge is 0.217 e. The van der Waals surface area contributed by atoms with Gasteiger partial charge in [-0.1, -0.05) is 0 Å². The lowest BCUT2D eigenvalue weighted by Gasteiger charge is -2.47. The molecule has 58 heavy (non-hydrogen) atoms. The first-order valence-corrected chi connectivity index (χ1v) is 18.5. The van der Waals surface area contributed by atoms with Crippen LogP contribution < -0.4 is 5.32 Å². The summed E-state index contributed by atoms with van der Waals surface area (Å²) < 4.78 is 49.4. The topological polar surface area (TPSA) is 416 Å². The Kier molecular flexibility index (Phi) is 16.5. The summed E-state index contributed by atoms with van der Waals surface area (Å²) in [6.45, 7) is -0.779. The van der Waals surface area contributed by atoms with Crippen molar-refractivity contribution in [2.75, 3.05) is 26.4 Å². The monoisotopic (exact) mass is 853 g/mol. The third-order valence-electron chi connectivity index (χ3n) is 10.6. The Hall–Kier alpha value is -1.49. The number of carbonyl (C=O) groups excluding carboxylic acids is 1. The van der Waals surface area contributed by atoms with Crippen molar-refractivity contribution in [1.82, 2.24) is 5.32 Å². The van der Waals surface area contributed by atoms with Crippen LogP contribution in [0.3, 0.4) is 0 Å². The van der Waals surface area contributed by atoms with Crippen LogP contribution in [0.2, 0.25) is 0 Å². The number of amides is 1. The first-order chi connectivity index (χ1) is 27.3. The van der Waals surface area contributed by atoms with Gasteiger partial charge in [-0.2, -0.15) is 0 Å². The van der Waals surface area contributed by atoms with Gasteiger partial charge in [-0.25, -0.2) is 0 Å². The van der Waals surface area contributed by atoms with E-state index in [1.165, 1.54) is 6.92 Å². The predicted octanol–water partition coefficient (Wildman–Crippen LogP) is -10.8. The summed E-state index contributed by atoms with van der Waals surface area (Å²) in [7, 11) is 0. The molecule has 5 rings (SSSR count). The summed E-state index contributed by atoms with van der Waals surface area (Å²) in [5.74, 6) is -0.654. The Morgan fingerprint density at radius 2 is 1.12 bits per heavy atom. The molecule has 0 aromatic rings. The molecule has 25 atom stereocenters. The molecule has 0 unspecified atom stereocenters. The number of carbonyl (C=O) groups is 1.